The van der Waals surface area contributed by atoms with Gasteiger partial charge in [-0.1, -0.05) is 11.2 Å². The molecule has 1 N–H and O–H groups in total. The zero-order chi connectivity index (χ0) is 18.1. The Labute approximate surface area is 158 Å². The number of rotatable bonds is 5. The second kappa shape index (κ2) is 6.78. The van der Waals surface area contributed by atoms with Gasteiger partial charge in [0.1, 0.15) is 12.4 Å². The lowest BCUT2D eigenvalue weighted by Gasteiger charge is -2.22. The van der Waals surface area contributed by atoms with Crippen molar-refractivity contribution < 1.29 is 9.26 Å². The first-order chi connectivity index (χ1) is 13.3. The van der Waals surface area contributed by atoms with Crippen LogP contribution in [0.2, 0.25) is 0 Å². The number of benzene rings is 1. The summed E-state index contributed by atoms with van der Waals surface area (Å²) >= 11 is 0. The summed E-state index contributed by atoms with van der Waals surface area (Å²) in [5.41, 5.74) is 2.39. The number of pyridine rings is 1. The van der Waals surface area contributed by atoms with Crippen molar-refractivity contribution in [1.29, 1.82) is 0 Å². The Bertz CT molecular complexity index is 901. The molecule has 1 spiro atoms. The van der Waals surface area contributed by atoms with Crippen LogP contribution in [0.25, 0.3) is 11.4 Å². The van der Waals surface area contributed by atoms with Crippen LogP contribution in [0.4, 0.5) is 0 Å². The zero-order valence-corrected chi connectivity index (χ0v) is 15.1. The second-order valence-electron chi connectivity index (χ2n) is 7.50. The highest BCUT2D eigenvalue weighted by Gasteiger charge is 2.57. The van der Waals surface area contributed by atoms with Crippen LogP contribution in [0.3, 0.4) is 0 Å². The third-order valence-electron chi connectivity index (χ3n) is 5.77. The fourth-order valence-corrected chi connectivity index (χ4v) is 4.02. The SMILES string of the molecule is c1cncc(COc2ccc(-c3noc(C4CC45CCNCC5)n3)cc2)c1. The van der Waals surface area contributed by atoms with E-state index in [9.17, 15) is 0 Å². The molecule has 1 aromatic carbocycles. The van der Waals surface area contributed by atoms with E-state index in [0.717, 1.165) is 35.9 Å². The lowest BCUT2D eigenvalue weighted by molar-refractivity contribution is 0.306. The van der Waals surface area contributed by atoms with Crippen molar-refractivity contribution in [2.45, 2.75) is 31.8 Å². The molecule has 3 aromatic rings. The van der Waals surface area contributed by atoms with E-state index < -0.39 is 0 Å². The predicted molar refractivity (Wildman–Crippen MR) is 100 cm³/mol. The van der Waals surface area contributed by atoms with Crippen LogP contribution in [0, 0.1) is 5.41 Å². The summed E-state index contributed by atoms with van der Waals surface area (Å²) in [5, 5.41) is 7.63. The molecule has 1 atom stereocenters. The summed E-state index contributed by atoms with van der Waals surface area (Å²) in [6, 6.07) is 11.7. The van der Waals surface area contributed by atoms with Gasteiger partial charge < -0.3 is 14.6 Å². The van der Waals surface area contributed by atoms with Crippen LogP contribution >= 0.6 is 0 Å². The fraction of sp³-hybridized carbons (Fsp3) is 0.381. The molecule has 3 heterocycles. The van der Waals surface area contributed by atoms with Gasteiger partial charge in [-0.25, -0.2) is 0 Å². The van der Waals surface area contributed by atoms with Gasteiger partial charge in [-0.3, -0.25) is 4.98 Å². The van der Waals surface area contributed by atoms with E-state index in [1.165, 1.54) is 19.3 Å². The lowest BCUT2D eigenvalue weighted by atomic mass is 9.92. The van der Waals surface area contributed by atoms with Gasteiger partial charge in [-0.2, -0.15) is 4.98 Å². The average molecular weight is 362 g/mol. The number of hydrogen-bond acceptors (Lipinski definition) is 6. The molecule has 1 saturated heterocycles. The molecule has 6 nitrogen and oxygen atoms in total. The van der Waals surface area contributed by atoms with Gasteiger partial charge >= 0.3 is 0 Å². The quantitative estimate of drug-likeness (QED) is 0.748. The Balaban J connectivity index is 1.24. The Morgan fingerprint density at radius 3 is 2.78 bits per heavy atom. The van der Waals surface area contributed by atoms with E-state index in [2.05, 4.69) is 20.4 Å². The van der Waals surface area contributed by atoms with Crippen molar-refractivity contribution in [3.63, 3.8) is 0 Å². The summed E-state index contributed by atoms with van der Waals surface area (Å²) in [7, 11) is 0. The van der Waals surface area contributed by atoms with E-state index in [-0.39, 0.29) is 0 Å². The molecule has 27 heavy (non-hydrogen) atoms. The molecular formula is C21H22N4O2. The van der Waals surface area contributed by atoms with E-state index in [0.29, 0.717) is 23.8 Å². The van der Waals surface area contributed by atoms with Gasteiger partial charge in [0, 0.05) is 29.4 Å². The first kappa shape index (κ1) is 16.4. The molecule has 1 saturated carbocycles. The number of hydrogen-bond donors (Lipinski definition) is 1. The van der Waals surface area contributed by atoms with Gasteiger partial charge in [0.15, 0.2) is 0 Å². The maximum atomic E-state index is 5.80. The zero-order valence-electron chi connectivity index (χ0n) is 15.1. The van der Waals surface area contributed by atoms with Crippen LogP contribution in [-0.4, -0.2) is 28.2 Å². The van der Waals surface area contributed by atoms with Crippen molar-refractivity contribution in [3.8, 4) is 17.1 Å². The minimum absolute atomic E-state index is 0.402. The number of ether oxygens (including phenoxy) is 1. The number of nitrogens with one attached hydrogen (secondary N) is 1. The van der Waals surface area contributed by atoms with E-state index in [1.54, 1.807) is 6.20 Å². The molecule has 0 amide bonds. The molecule has 2 aliphatic rings. The summed E-state index contributed by atoms with van der Waals surface area (Å²) in [6.45, 7) is 2.69. The predicted octanol–water partition coefficient (Wildman–Crippen LogP) is 3.57. The molecule has 1 unspecified atom stereocenters. The van der Waals surface area contributed by atoms with Crippen molar-refractivity contribution in [1.82, 2.24) is 20.4 Å². The van der Waals surface area contributed by atoms with Crippen molar-refractivity contribution in [3.05, 3.63) is 60.2 Å². The smallest absolute Gasteiger partial charge is 0.230 e. The van der Waals surface area contributed by atoms with Gasteiger partial charge in [-0.15, -0.1) is 0 Å². The topological polar surface area (TPSA) is 73.1 Å². The third-order valence-corrected chi connectivity index (χ3v) is 5.77. The minimum Gasteiger partial charge on any atom is -0.489 e. The molecule has 2 fully saturated rings. The fourth-order valence-electron chi connectivity index (χ4n) is 4.02. The lowest BCUT2D eigenvalue weighted by Crippen LogP contribution is -2.29. The number of aromatic nitrogens is 3. The first-order valence-electron chi connectivity index (χ1n) is 9.49. The van der Waals surface area contributed by atoms with Crippen LogP contribution in [-0.2, 0) is 6.61 Å². The largest absolute Gasteiger partial charge is 0.489 e. The first-order valence-corrected chi connectivity index (χ1v) is 9.49. The molecule has 0 bridgehead atoms. The van der Waals surface area contributed by atoms with E-state index in [4.69, 9.17) is 9.26 Å². The van der Waals surface area contributed by atoms with Gasteiger partial charge in [0.2, 0.25) is 11.7 Å². The molecule has 6 heteroatoms. The Morgan fingerprint density at radius 1 is 1.15 bits per heavy atom. The number of piperidine rings is 1. The normalized spacial score (nSPS) is 20.5. The van der Waals surface area contributed by atoms with Crippen molar-refractivity contribution >= 4 is 0 Å². The standard InChI is InChI=1S/C21H22N4O2/c1-2-15(13-23-9-1)14-26-17-5-3-16(4-6-17)19-24-20(27-25-19)18-12-21(18)7-10-22-11-8-21/h1-6,9,13,18,22H,7-8,10-12,14H2. The molecule has 5 rings (SSSR count). The molecule has 1 aliphatic carbocycles. The Kier molecular flexibility index (Phi) is 4.13. The maximum absolute atomic E-state index is 5.80. The van der Waals surface area contributed by atoms with E-state index in [1.807, 2.05) is 42.6 Å². The maximum Gasteiger partial charge on any atom is 0.230 e. The minimum atomic E-state index is 0.402. The number of nitrogens with zero attached hydrogens (tertiary/aromatic N) is 3. The Morgan fingerprint density at radius 2 is 2.00 bits per heavy atom. The monoisotopic (exact) mass is 362 g/mol. The highest BCUT2D eigenvalue weighted by molar-refractivity contribution is 5.55. The molecule has 0 radical (unpaired) electrons. The molecule has 2 aromatic heterocycles. The third kappa shape index (κ3) is 3.32. The summed E-state index contributed by atoms with van der Waals surface area (Å²) in [6.07, 6.45) is 7.16. The summed E-state index contributed by atoms with van der Waals surface area (Å²) < 4.78 is 11.4. The highest BCUT2D eigenvalue weighted by Crippen LogP contribution is 2.63. The van der Waals surface area contributed by atoms with Crippen LogP contribution < -0.4 is 10.1 Å². The van der Waals surface area contributed by atoms with Gasteiger partial charge in [0.05, 0.1) is 0 Å². The van der Waals surface area contributed by atoms with Crippen molar-refractivity contribution in [2.24, 2.45) is 5.41 Å². The summed E-state index contributed by atoms with van der Waals surface area (Å²) in [5.74, 6) is 2.69. The second-order valence-corrected chi connectivity index (χ2v) is 7.50. The van der Waals surface area contributed by atoms with Crippen LogP contribution in [0.15, 0.2) is 53.3 Å². The van der Waals surface area contributed by atoms with Gasteiger partial charge in [0.25, 0.3) is 0 Å². The average Bonchev–Trinajstić information content (AvgIpc) is 3.19. The highest BCUT2D eigenvalue weighted by atomic mass is 16.5. The van der Waals surface area contributed by atoms with E-state index >= 15 is 0 Å². The molecule has 138 valence electrons. The summed E-state index contributed by atoms with van der Waals surface area (Å²) in [4.78, 5) is 8.76. The van der Waals surface area contributed by atoms with Gasteiger partial charge in [-0.05, 0) is 68.1 Å². The Hall–Kier alpha value is -2.73. The molecule has 1 aliphatic heterocycles. The van der Waals surface area contributed by atoms with Crippen LogP contribution in [0.5, 0.6) is 5.75 Å². The van der Waals surface area contributed by atoms with Crippen molar-refractivity contribution in [2.75, 3.05) is 13.1 Å². The van der Waals surface area contributed by atoms with Crippen LogP contribution in [0.1, 0.15) is 36.6 Å². The molecular weight excluding hydrogens is 340 g/mol.